The predicted molar refractivity (Wildman–Crippen MR) is 193 cm³/mol. The van der Waals surface area contributed by atoms with Crippen molar-refractivity contribution >= 4 is 5.91 Å². The molecule has 0 bridgehead atoms. The van der Waals surface area contributed by atoms with Gasteiger partial charge in [-0.25, -0.2) is 0 Å². The highest BCUT2D eigenvalue weighted by Crippen LogP contribution is 2.12. The van der Waals surface area contributed by atoms with Crippen molar-refractivity contribution in [2.45, 2.75) is 167 Å². The SMILES string of the molecule is CC/C=C\C/C=C\C/C=C\C/C=C\C/C=C\C/C=C\CCCCCCCCCCC(=O)NC(CO)C(O)CCCCCCC. The smallest absolute Gasteiger partial charge is 0.220 e. The summed E-state index contributed by atoms with van der Waals surface area (Å²) in [6, 6.07) is -0.540. The molecule has 0 aliphatic carbocycles. The van der Waals surface area contributed by atoms with E-state index in [2.05, 4.69) is 92.1 Å². The van der Waals surface area contributed by atoms with E-state index in [4.69, 9.17) is 0 Å². The van der Waals surface area contributed by atoms with Gasteiger partial charge in [-0.15, -0.1) is 0 Å². The highest BCUT2D eigenvalue weighted by molar-refractivity contribution is 5.76. The molecule has 0 aromatic carbocycles. The molecule has 252 valence electrons. The number of rotatable bonds is 31. The fourth-order valence-electron chi connectivity index (χ4n) is 4.95. The number of carbonyl (C=O) groups is 1. The van der Waals surface area contributed by atoms with Crippen LogP contribution in [0.1, 0.15) is 155 Å². The molecule has 0 saturated carbocycles. The van der Waals surface area contributed by atoms with E-state index in [-0.39, 0.29) is 12.5 Å². The van der Waals surface area contributed by atoms with Gasteiger partial charge in [0.1, 0.15) is 0 Å². The molecular formula is C40H69NO3. The Hall–Kier alpha value is -2.17. The van der Waals surface area contributed by atoms with Crippen molar-refractivity contribution in [1.82, 2.24) is 5.32 Å². The highest BCUT2D eigenvalue weighted by atomic mass is 16.3. The average Bonchev–Trinajstić information content (AvgIpc) is 3.03. The first kappa shape index (κ1) is 41.8. The van der Waals surface area contributed by atoms with Gasteiger partial charge in [0, 0.05) is 6.42 Å². The zero-order valence-corrected chi connectivity index (χ0v) is 28.6. The zero-order chi connectivity index (χ0) is 32.2. The number of allylic oxidation sites excluding steroid dienone is 12. The second kappa shape index (κ2) is 35.3. The molecule has 4 nitrogen and oxygen atoms in total. The lowest BCUT2D eigenvalue weighted by Crippen LogP contribution is -2.45. The minimum atomic E-state index is -0.662. The molecule has 0 heterocycles. The first-order valence-electron chi connectivity index (χ1n) is 18.1. The lowest BCUT2D eigenvalue weighted by atomic mass is 10.0. The molecule has 0 spiro atoms. The first-order valence-corrected chi connectivity index (χ1v) is 18.1. The van der Waals surface area contributed by atoms with E-state index in [0.29, 0.717) is 12.8 Å². The van der Waals surface area contributed by atoms with Gasteiger partial charge in [-0.3, -0.25) is 4.79 Å². The molecule has 2 atom stereocenters. The third kappa shape index (κ3) is 31.3. The monoisotopic (exact) mass is 612 g/mol. The summed E-state index contributed by atoms with van der Waals surface area (Å²) in [7, 11) is 0. The van der Waals surface area contributed by atoms with Gasteiger partial charge in [-0.1, -0.05) is 157 Å². The summed E-state index contributed by atoms with van der Waals surface area (Å²) in [5.74, 6) is -0.0523. The van der Waals surface area contributed by atoms with Crippen LogP contribution in [-0.2, 0) is 4.79 Å². The number of amides is 1. The minimum absolute atomic E-state index is 0.0523. The van der Waals surface area contributed by atoms with Gasteiger partial charge in [0.25, 0.3) is 0 Å². The van der Waals surface area contributed by atoms with Gasteiger partial charge in [0.2, 0.25) is 5.91 Å². The van der Waals surface area contributed by atoms with Crippen LogP contribution in [0.2, 0.25) is 0 Å². The van der Waals surface area contributed by atoms with E-state index in [1.165, 1.54) is 64.2 Å². The Labute approximate surface area is 272 Å². The molecule has 4 heteroatoms. The van der Waals surface area contributed by atoms with Crippen LogP contribution < -0.4 is 5.32 Å². The summed E-state index contributed by atoms with van der Waals surface area (Å²) in [6.07, 6.45) is 49.9. The summed E-state index contributed by atoms with van der Waals surface area (Å²) in [5.41, 5.74) is 0. The number of unbranched alkanes of at least 4 members (excludes halogenated alkanes) is 12. The van der Waals surface area contributed by atoms with Crippen molar-refractivity contribution < 1.29 is 15.0 Å². The molecule has 0 aliphatic rings. The average molecular weight is 612 g/mol. The largest absolute Gasteiger partial charge is 0.394 e. The summed E-state index contributed by atoms with van der Waals surface area (Å²) in [6.45, 7) is 4.14. The Bertz CT molecular complexity index is 792. The second-order valence-corrected chi connectivity index (χ2v) is 11.9. The van der Waals surface area contributed by atoms with Gasteiger partial charge in [0.15, 0.2) is 0 Å². The summed E-state index contributed by atoms with van der Waals surface area (Å²) in [5, 5.41) is 22.7. The normalized spacial score (nSPS) is 14.0. The Kier molecular flexibility index (Phi) is 33.6. The van der Waals surface area contributed by atoms with Crippen molar-refractivity contribution in [3.05, 3.63) is 72.9 Å². The van der Waals surface area contributed by atoms with E-state index in [1.54, 1.807) is 0 Å². The Morgan fingerprint density at radius 3 is 1.50 bits per heavy atom. The number of hydrogen-bond acceptors (Lipinski definition) is 3. The van der Waals surface area contributed by atoms with E-state index in [0.717, 1.165) is 64.2 Å². The lowest BCUT2D eigenvalue weighted by Gasteiger charge is -2.22. The summed E-state index contributed by atoms with van der Waals surface area (Å²) in [4.78, 5) is 12.2. The van der Waals surface area contributed by atoms with Crippen molar-refractivity contribution in [2.24, 2.45) is 0 Å². The molecule has 3 N–H and O–H groups in total. The van der Waals surface area contributed by atoms with Crippen LogP contribution in [0.25, 0.3) is 0 Å². The molecule has 0 fully saturated rings. The Balaban J connectivity index is 3.57. The number of aliphatic hydroxyl groups is 2. The molecule has 1 amide bonds. The van der Waals surface area contributed by atoms with Gasteiger partial charge < -0.3 is 15.5 Å². The Morgan fingerprint density at radius 2 is 1.00 bits per heavy atom. The molecule has 2 unspecified atom stereocenters. The summed E-state index contributed by atoms with van der Waals surface area (Å²) >= 11 is 0. The first-order chi connectivity index (χ1) is 21.7. The maximum Gasteiger partial charge on any atom is 0.220 e. The minimum Gasteiger partial charge on any atom is -0.394 e. The van der Waals surface area contributed by atoms with Crippen LogP contribution in [-0.4, -0.2) is 34.9 Å². The molecule has 44 heavy (non-hydrogen) atoms. The fraction of sp³-hybridized carbons (Fsp3) is 0.675. The third-order valence-corrected chi connectivity index (χ3v) is 7.73. The van der Waals surface area contributed by atoms with E-state index < -0.39 is 12.1 Å². The van der Waals surface area contributed by atoms with E-state index in [9.17, 15) is 15.0 Å². The van der Waals surface area contributed by atoms with Crippen LogP contribution in [0.4, 0.5) is 0 Å². The van der Waals surface area contributed by atoms with Crippen LogP contribution in [0.3, 0.4) is 0 Å². The number of hydrogen-bond donors (Lipinski definition) is 3. The van der Waals surface area contributed by atoms with Crippen LogP contribution in [0, 0.1) is 0 Å². The summed E-state index contributed by atoms with van der Waals surface area (Å²) < 4.78 is 0. The van der Waals surface area contributed by atoms with Gasteiger partial charge in [0.05, 0.1) is 18.8 Å². The van der Waals surface area contributed by atoms with Gasteiger partial charge >= 0.3 is 0 Å². The Morgan fingerprint density at radius 1 is 0.568 bits per heavy atom. The molecule has 0 radical (unpaired) electrons. The topological polar surface area (TPSA) is 69.6 Å². The van der Waals surface area contributed by atoms with Crippen molar-refractivity contribution in [3.63, 3.8) is 0 Å². The van der Waals surface area contributed by atoms with Crippen molar-refractivity contribution in [2.75, 3.05) is 6.61 Å². The van der Waals surface area contributed by atoms with E-state index in [1.807, 2.05) is 0 Å². The molecule has 0 rings (SSSR count). The molecule has 0 aromatic rings. The predicted octanol–water partition coefficient (Wildman–Crippen LogP) is 10.8. The van der Waals surface area contributed by atoms with Crippen LogP contribution in [0.5, 0.6) is 0 Å². The van der Waals surface area contributed by atoms with Gasteiger partial charge in [-0.05, 0) is 64.2 Å². The lowest BCUT2D eigenvalue weighted by molar-refractivity contribution is -0.123. The number of nitrogens with one attached hydrogen (secondary N) is 1. The highest BCUT2D eigenvalue weighted by Gasteiger charge is 2.19. The number of aliphatic hydroxyl groups excluding tert-OH is 2. The van der Waals surface area contributed by atoms with Gasteiger partial charge in [-0.2, -0.15) is 0 Å². The maximum absolute atomic E-state index is 12.2. The molecule has 0 aliphatic heterocycles. The number of carbonyl (C=O) groups excluding carboxylic acids is 1. The van der Waals surface area contributed by atoms with Crippen LogP contribution >= 0.6 is 0 Å². The second-order valence-electron chi connectivity index (χ2n) is 11.9. The van der Waals surface area contributed by atoms with E-state index >= 15 is 0 Å². The maximum atomic E-state index is 12.2. The van der Waals surface area contributed by atoms with Crippen molar-refractivity contribution in [1.29, 1.82) is 0 Å². The standard InChI is InChI=1S/C40H69NO3/c1-3-5-7-9-10-11-12-13-14-15-16-17-18-19-20-21-22-23-24-25-26-27-28-29-30-32-34-36-40(44)41-38(37-42)39(43)35-33-31-8-6-4-2/h5,7,10-11,13-14,16-17,19-20,22-23,38-39,42-43H,3-4,6,8-9,12,15,18,21,24-37H2,1-2H3,(H,41,44)/b7-5-,11-10-,14-13-,17-16-,20-19-,23-22-. The third-order valence-electron chi connectivity index (χ3n) is 7.73. The van der Waals surface area contributed by atoms with Crippen molar-refractivity contribution in [3.8, 4) is 0 Å². The zero-order valence-electron chi connectivity index (χ0n) is 28.6. The quantitative estimate of drug-likeness (QED) is 0.0539. The molecule has 0 aromatic heterocycles. The fourth-order valence-corrected chi connectivity index (χ4v) is 4.95. The molecule has 0 saturated heterocycles. The van der Waals surface area contributed by atoms with Crippen LogP contribution in [0.15, 0.2) is 72.9 Å². The molecular weight excluding hydrogens is 542 g/mol.